The highest BCUT2D eigenvalue weighted by molar-refractivity contribution is 7.10. The van der Waals surface area contributed by atoms with Crippen molar-refractivity contribution < 1.29 is 14.7 Å². The van der Waals surface area contributed by atoms with E-state index in [4.69, 9.17) is 5.11 Å². The first kappa shape index (κ1) is 17.5. The van der Waals surface area contributed by atoms with E-state index >= 15 is 0 Å². The van der Waals surface area contributed by atoms with Crippen LogP contribution in [0.15, 0.2) is 17.5 Å². The highest BCUT2D eigenvalue weighted by Gasteiger charge is 2.17. The lowest BCUT2D eigenvalue weighted by Crippen LogP contribution is -2.39. The Labute approximate surface area is 129 Å². The number of hydrogen-bond acceptors (Lipinski definition) is 3. The Morgan fingerprint density at radius 1 is 1.33 bits per heavy atom. The average Bonchev–Trinajstić information content (AvgIpc) is 2.88. The molecule has 1 heterocycles. The number of carboxylic acids is 1. The van der Waals surface area contributed by atoms with Gasteiger partial charge in [-0.3, -0.25) is 4.79 Å². The second kappa shape index (κ2) is 8.67. The van der Waals surface area contributed by atoms with E-state index in [1.54, 1.807) is 11.3 Å². The van der Waals surface area contributed by atoms with Gasteiger partial charge in [-0.25, -0.2) is 4.79 Å². The topological polar surface area (TPSA) is 78.4 Å². The Morgan fingerprint density at radius 2 is 2.05 bits per heavy atom. The first-order valence-electron chi connectivity index (χ1n) is 7.18. The maximum atomic E-state index is 11.9. The third-order valence-corrected chi connectivity index (χ3v) is 4.19. The zero-order chi connectivity index (χ0) is 15.8. The van der Waals surface area contributed by atoms with Gasteiger partial charge in [0.25, 0.3) is 0 Å². The fraction of sp³-hybridized carbons (Fsp3) is 0.600. The SMILES string of the molecule is CC(C)C[C@H](CNC(=O)NC(C)c1cccs1)CC(=O)O. The van der Waals surface area contributed by atoms with Gasteiger partial charge in [-0.1, -0.05) is 19.9 Å². The van der Waals surface area contributed by atoms with Crippen LogP contribution in [-0.4, -0.2) is 23.7 Å². The van der Waals surface area contributed by atoms with Crippen molar-refractivity contribution in [2.24, 2.45) is 11.8 Å². The van der Waals surface area contributed by atoms with E-state index < -0.39 is 5.97 Å². The molecular formula is C15H24N2O3S. The smallest absolute Gasteiger partial charge is 0.315 e. The van der Waals surface area contributed by atoms with Gasteiger partial charge in [-0.05, 0) is 36.6 Å². The summed E-state index contributed by atoms with van der Waals surface area (Å²) in [7, 11) is 0. The van der Waals surface area contributed by atoms with Gasteiger partial charge in [0.1, 0.15) is 0 Å². The average molecular weight is 312 g/mol. The summed E-state index contributed by atoms with van der Waals surface area (Å²) in [6.45, 7) is 6.41. The van der Waals surface area contributed by atoms with Crippen molar-refractivity contribution in [3.8, 4) is 0 Å². The molecule has 2 amide bonds. The lowest BCUT2D eigenvalue weighted by molar-refractivity contribution is -0.138. The molecule has 118 valence electrons. The molecular weight excluding hydrogens is 288 g/mol. The number of hydrogen-bond donors (Lipinski definition) is 3. The number of nitrogens with one attached hydrogen (secondary N) is 2. The minimum atomic E-state index is -0.824. The van der Waals surface area contributed by atoms with Crippen LogP contribution in [0, 0.1) is 11.8 Å². The van der Waals surface area contributed by atoms with Crippen LogP contribution in [0.1, 0.15) is 44.5 Å². The second-order valence-corrected chi connectivity index (χ2v) is 6.66. The van der Waals surface area contributed by atoms with Crippen molar-refractivity contribution in [2.75, 3.05) is 6.54 Å². The summed E-state index contributed by atoms with van der Waals surface area (Å²) in [4.78, 5) is 23.8. The second-order valence-electron chi connectivity index (χ2n) is 5.68. The first-order chi connectivity index (χ1) is 9.88. The maximum absolute atomic E-state index is 11.9. The Bertz CT molecular complexity index is 446. The summed E-state index contributed by atoms with van der Waals surface area (Å²) < 4.78 is 0. The molecule has 0 aliphatic carbocycles. The Kier molecular flexibility index (Phi) is 7.22. The van der Waals surface area contributed by atoms with Crippen molar-refractivity contribution >= 4 is 23.3 Å². The van der Waals surface area contributed by atoms with E-state index in [1.165, 1.54) is 0 Å². The van der Waals surface area contributed by atoms with Gasteiger partial charge in [0.2, 0.25) is 0 Å². The van der Waals surface area contributed by atoms with Gasteiger partial charge >= 0.3 is 12.0 Å². The molecule has 0 saturated heterocycles. The molecule has 5 nitrogen and oxygen atoms in total. The molecule has 0 aliphatic rings. The molecule has 6 heteroatoms. The van der Waals surface area contributed by atoms with E-state index in [1.807, 2.05) is 38.3 Å². The van der Waals surface area contributed by atoms with Crippen molar-refractivity contribution in [2.45, 2.75) is 39.7 Å². The molecule has 0 aliphatic heterocycles. The number of rotatable bonds is 8. The highest BCUT2D eigenvalue weighted by atomic mass is 32.1. The number of aliphatic carboxylic acids is 1. The minimum absolute atomic E-state index is 0.0368. The summed E-state index contributed by atoms with van der Waals surface area (Å²) in [6.07, 6.45) is 0.867. The molecule has 0 radical (unpaired) electrons. The van der Waals surface area contributed by atoms with Gasteiger partial charge < -0.3 is 15.7 Å². The largest absolute Gasteiger partial charge is 0.481 e. The molecule has 2 atom stereocenters. The third kappa shape index (κ3) is 7.13. The molecule has 0 saturated carbocycles. The van der Waals surface area contributed by atoms with Crippen LogP contribution >= 0.6 is 11.3 Å². The van der Waals surface area contributed by atoms with Gasteiger partial charge in [0.05, 0.1) is 6.04 Å². The molecule has 1 unspecified atom stereocenters. The first-order valence-corrected chi connectivity index (χ1v) is 8.06. The molecule has 0 spiro atoms. The van der Waals surface area contributed by atoms with E-state index in [-0.39, 0.29) is 24.4 Å². The molecule has 21 heavy (non-hydrogen) atoms. The molecule has 1 aromatic heterocycles. The maximum Gasteiger partial charge on any atom is 0.315 e. The predicted molar refractivity (Wildman–Crippen MR) is 84.5 cm³/mol. The van der Waals surface area contributed by atoms with Gasteiger partial charge in [-0.15, -0.1) is 11.3 Å². The molecule has 1 aromatic rings. The molecule has 0 aromatic carbocycles. The third-order valence-electron chi connectivity index (χ3n) is 3.14. The van der Waals surface area contributed by atoms with Crippen molar-refractivity contribution in [1.29, 1.82) is 0 Å². The summed E-state index contributed by atoms with van der Waals surface area (Å²) in [5, 5.41) is 16.5. The fourth-order valence-corrected chi connectivity index (χ4v) is 2.98. The summed E-state index contributed by atoms with van der Waals surface area (Å²) in [5.74, 6) is -0.454. The zero-order valence-electron chi connectivity index (χ0n) is 12.8. The van der Waals surface area contributed by atoms with Crippen molar-refractivity contribution in [3.63, 3.8) is 0 Å². The number of amides is 2. The standard InChI is InChI=1S/C15H24N2O3S/c1-10(2)7-12(8-14(18)19)9-16-15(20)17-11(3)13-5-4-6-21-13/h4-6,10-12H,7-9H2,1-3H3,(H,18,19)(H2,16,17,20)/t11?,12-/m0/s1. The molecule has 0 fully saturated rings. The Hall–Kier alpha value is -1.56. The quantitative estimate of drug-likeness (QED) is 0.689. The van der Waals surface area contributed by atoms with E-state index in [9.17, 15) is 9.59 Å². The number of carbonyl (C=O) groups is 2. The summed E-state index contributed by atoms with van der Waals surface area (Å²) >= 11 is 1.59. The van der Waals surface area contributed by atoms with E-state index in [0.29, 0.717) is 12.5 Å². The normalized spacial score (nSPS) is 13.7. The van der Waals surface area contributed by atoms with Gasteiger partial charge in [-0.2, -0.15) is 0 Å². The number of thiophene rings is 1. The van der Waals surface area contributed by atoms with Crippen LogP contribution in [-0.2, 0) is 4.79 Å². The lowest BCUT2D eigenvalue weighted by atomic mass is 9.94. The molecule has 1 rings (SSSR count). The van der Waals surface area contributed by atoms with Crippen LogP contribution < -0.4 is 10.6 Å². The van der Waals surface area contributed by atoms with Crippen LogP contribution in [0.4, 0.5) is 4.79 Å². The minimum Gasteiger partial charge on any atom is -0.481 e. The lowest BCUT2D eigenvalue weighted by Gasteiger charge is -2.19. The number of carbonyl (C=O) groups excluding carboxylic acids is 1. The fourth-order valence-electron chi connectivity index (χ4n) is 2.25. The van der Waals surface area contributed by atoms with E-state index in [0.717, 1.165) is 11.3 Å². The van der Waals surface area contributed by atoms with Crippen LogP contribution in [0.3, 0.4) is 0 Å². The van der Waals surface area contributed by atoms with Gasteiger partial charge in [0, 0.05) is 17.8 Å². The molecule has 0 bridgehead atoms. The van der Waals surface area contributed by atoms with Crippen LogP contribution in [0.5, 0.6) is 0 Å². The van der Waals surface area contributed by atoms with Crippen molar-refractivity contribution in [3.05, 3.63) is 22.4 Å². The highest BCUT2D eigenvalue weighted by Crippen LogP contribution is 2.18. The monoisotopic (exact) mass is 312 g/mol. The number of urea groups is 1. The van der Waals surface area contributed by atoms with Crippen molar-refractivity contribution in [1.82, 2.24) is 10.6 Å². The predicted octanol–water partition coefficient (Wildman–Crippen LogP) is 3.25. The van der Waals surface area contributed by atoms with Gasteiger partial charge in [0.15, 0.2) is 0 Å². The number of carboxylic acid groups (broad SMARTS) is 1. The zero-order valence-corrected chi connectivity index (χ0v) is 13.6. The Morgan fingerprint density at radius 3 is 2.57 bits per heavy atom. The molecule has 3 N–H and O–H groups in total. The summed E-state index contributed by atoms with van der Waals surface area (Å²) in [6, 6.07) is 3.62. The van der Waals surface area contributed by atoms with Crippen LogP contribution in [0.25, 0.3) is 0 Å². The summed E-state index contributed by atoms with van der Waals surface area (Å²) in [5.41, 5.74) is 0. The van der Waals surface area contributed by atoms with Crippen LogP contribution in [0.2, 0.25) is 0 Å². The Balaban J connectivity index is 2.40. The van der Waals surface area contributed by atoms with E-state index in [2.05, 4.69) is 10.6 Å².